The van der Waals surface area contributed by atoms with Crippen molar-refractivity contribution in [2.45, 2.75) is 70.3 Å². The van der Waals surface area contributed by atoms with Crippen LogP contribution in [0.3, 0.4) is 0 Å². The molecule has 1 aliphatic carbocycles. The number of nitrogens with zero attached hydrogens (tertiary/aromatic N) is 4. The van der Waals surface area contributed by atoms with Crippen LogP contribution >= 0.6 is 0 Å². The molecule has 14 heteroatoms. The highest BCUT2D eigenvalue weighted by Crippen LogP contribution is 2.50. The van der Waals surface area contributed by atoms with Crippen LogP contribution in [0.5, 0.6) is 5.88 Å². The maximum Gasteiger partial charge on any atom is 0.413 e. The van der Waals surface area contributed by atoms with Gasteiger partial charge in [0.1, 0.15) is 35.9 Å². The lowest BCUT2D eigenvalue weighted by molar-refractivity contribution is -0.134. The van der Waals surface area contributed by atoms with Gasteiger partial charge in [-0.05, 0) is 118 Å². The summed E-state index contributed by atoms with van der Waals surface area (Å²) in [6.45, 7) is 7.92. The lowest BCUT2D eigenvalue weighted by Gasteiger charge is -2.51. The van der Waals surface area contributed by atoms with Crippen molar-refractivity contribution in [3.05, 3.63) is 71.6 Å². The summed E-state index contributed by atoms with van der Waals surface area (Å²) in [5.74, 6) is -0.703. The third-order valence-corrected chi connectivity index (χ3v) is 12.9. The van der Waals surface area contributed by atoms with Gasteiger partial charge in [0.15, 0.2) is 0 Å². The van der Waals surface area contributed by atoms with E-state index in [1.165, 1.54) is 12.1 Å². The van der Waals surface area contributed by atoms with E-state index >= 15 is 8.78 Å². The van der Waals surface area contributed by atoms with Crippen molar-refractivity contribution < 1.29 is 32.6 Å². The van der Waals surface area contributed by atoms with Gasteiger partial charge in [-0.2, -0.15) is 0 Å². The maximum atomic E-state index is 15.3. The van der Waals surface area contributed by atoms with Gasteiger partial charge < -0.3 is 24.6 Å². The molecule has 12 nitrogen and oxygen atoms in total. The van der Waals surface area contributed by atoms with Gasteiger partial charge in [0, 0.05) is 72.8 Å². The summed E-state index contributed by atoms with van der Waals surface area (Å²) in [6.07, 6.45) is 9.00. The quantitative estimate of drug-likeness (QED) is 0.170. The highest BCUT2D eigenvalue weighted by molar-refractivity contribution is 6.01. The Balaban J connectivity index is 0.724. The number of fused-ring (bicyclic) bond motifs is 2. The highest BCUT2D eigenvalue weighted by Gasteiger charge is 2.47. The van der Waals surface area contributed by atoms with Gasteiger partial charge in [0.2, 0.25) is 17.7 Å². The molecular formula is C43H47F2N7O5. The highest BCUT2D eigenvalue weighted by atomic mass is 19.1. The molecule has 0 bridgehead atoms. The molecule has 4 aromatic rings. The first kappa shape index (κ1) is 37.2. The van der Waals surface area contributed by atoms with E-state index in [9.17, 15) is 14.4 Å². The number of amides is 3. The third-order valence-electron chi connectivity index (χ3n) is 12.9. The van der Waals surface area contributed by atoms with Crippen molar-refractivity contribution >= 4 is 45.9 Å². The van der Waals surface area contributed by atoms with E-state index in [2.05, 4.69) is 35.7 Å². The molecule has 5 aliphatic rings. The Bertz CT molecular complexity index is 2230. The second-order valence-electron chi connectivity index (χ2n) is 16.5. The van der Waals surface area contributed by atoms with Crippen LogP contribution in [0.2, 0.25) is 0 Å². The molecule has 57 heavy (non-hydrogen) atoms. The number of hydrogen-bond donors (Lipinski definition) is 3. The molecule has 3 N–H and O–H groups in total. The van der Waals surface area contributed by atoms with Crippen LogP contribution in [0, 0.1) is 29.9 Å². The van der Waals surface area contributed by atoms with Gasteiger partial charge in [0.05, 0.1) is 5.92 Å². The number of piperidine rings is 3. The van der Waals surface area contributed by atoms with Crippen LogP contribution < -0.4 is 25.6 Å². The van der Waals surface area contributed by atoms with Crippen LogP contribution in [0.15, 0.2) is 48.8 Å². The molecule has 0 radical (unpaired) electrons. The standard InChI is InChI=1S/C43H47F2N7O5/c1-25-34(23-48-41-39(25)46-10-15-56-41)33-16-27-18-37(47-22-28(27)17-35(33)44)49-42(55)57-30-20-43(21-30)8-13-51(14-9-43)24-26-6-11-52(12-7-26)29-2-3-31(36(45)19-29)32-4-5-38(53)50-40(32)54/h2-3,16-19,22-23,26,30,32,46H,4-15,20-21,24H2,1H3,(H,47,49,55)(H,50,53,54). The van der Waals surface area contributed by atoms with Crippen LogP contribution in [0.4, 0.5) is 30.8 Å². The second-order valence-corrected chi connectivity index (χ2v) is 16.5. The van der Waals surface area contributed by atoms with Gasteiger partial charge >= 0.3 is 6.09 Å². The first-order valence-corrected chi connectivity index (χ1v) is 20.1. The lowest BCUT2D eigenvalue weighted by Crippen LogP contribution is -2.51. The van der Waals surface area contributed by atoms with Crippen molar-refractivity contribution in [3.63, 3.8) is 0 Å². The molecule has 9 rings (SSSR count). The van der Waals surface area contributed by atoms with E-state index in [0.717, 1.165) is 93.6 Å². The Morgan fingerprint density at radius 1 is 0.965 bits per heavy atom. The molecular weight excluding hydrogens is 733 g/mol. The van der Waals surface area contributed by atoms with Crippen LogP contribution in [-0.4, -0.2) is 84.8 Å². The number of likely N-dealkylation sites (tertiary alicyclic amines) is 1. The van der Waals surface area contributed by atoms with Crippen molar-refractivity contribution in [1.29, 1.82) is 0 Å². The average Bonchev–Trinajstić information content (AvgIpc) is 3.19. The van der Waals surface area contributed by atoms with E-state index in [0.29, 0.717) is 59.3 Å². The van der Waals surface area contributed by atoms with Gasteiger partial charge in [-0.15, -0.1) is 0 Å². The molecule has 1 unspecified atom stereocenters. The SMILES string of the molecule is Cc1c(-c2cc3cc(NC(=O)OC4CC5(CCN(CC6CCN(c7ccc(C8CCC(=O)NC8=O)c(F)c7)CC6)CC5)C4)ncc3cc2F)cnc2c1NCCO2. The van der Waals surface area contributed by atoms with Crippen molar-refractivity contribution in [2.75, 3.05) is 61.4 Å². The number of anilines is 3. The van der Waals surface area contributed by atoms with Gasteiger partial charge in [0.25, 0.3) is 0 Å². The third kappa shape index (κ3) is 7.59. The minimum atomic E-state index is -0.628. The first-order chi connectivity index (χ1) is 27.6. The number of rotatable bonds is 7. The van der Waals surface area contributed by atoms with Gasteiger partial charge in [-0.25, -0.2) is 23.5 Å². The van der Waals surface area contributed by atoms with Gasteiger partial charge in [-0.1, -0.05) is 6.07 Å². The predicted molar refractivity (Wildman–Crippen MR) is 211 cm³/mol. The molecule has 3 saturated heterocycles. The number of imide groups is 1. The number of halogens is 2. The Morgan fingerprint density at radius 3 is 2.54 bits per heavy atom. The molecule has 2 aromatic heterocycles. The van der Waals surface area contributed by atoms with Crippen molar-refractivity contribution in [1.82, 2.24) is 20.2 Å². The summed E-state index contributed by atoms with van der Waals surface area (Å²) in [6, 6.07) is 10.1. The van der Waals surface area contributed by atoms with E-state index in [4.69, 9.17) is 9.47 Å². The van der Waals surface area contributed by atoms with Crippen LogP contribution in [-0.2, 0) is 14.3 Å². The zero-order valence-electron chi connectivity index (χ0n) is 32.0. The normalized spacial score (nSPS) is 21.3. The van der Waals surface area contributed by atoms with Crippen LogP contribution in [0.1, 0.15) is 68.4 Å². The zero-order chi connectivity index (χ0) is 39.3. The van der Waals surface area contributed by atoms with E-state index in [1.807, 2.05) is 13.0 Å². The molecule has 1 saturated carbocycles. The summed E-state index contributed by atoms with van der Waals surface area (Å²) >= 11 is 0. The summed E-state index contributed by atoms with van der Waals surface area (Å²) < 4.78 is 41.9. The first-order valence-electron chi connectivity index (χ1n) is 20.1. The summed E-state index contributed by atoms with van der Waals surface area (Å²) in [4.78, 5) is 50.2. The Morgan fingerprint density at radius 2 is 1.77 bits per heavy atom. The molecule has 4 fully saturated rings. The maximum absolute atomic E-state index is 15.3. The molecule has 298 valence electrons. The Hall–Kier alpha value is -5.37. The molecule has 1 atom stereocenters. The fourth-order valence-corrected chi connectivity index (χ4v) is 9.55. The molecule has 4 aliphatic heterocycles. The molecule has 1 spiro atoms. The largest absolute Gasteiger partial charge is 0.474 e. The smallest absolute Gasteiger partial charge is 0.413 e. The van der Waals surface area contributed by atoms with Crippen LogP contribution in [0.25, 0.3) is 21.9 Å². The second kappa shape index (κ2) is 15.2. The average molecular weight is 780 g/mol. The molecule has 2 aromatic carbocycles. The summed E-state index contributed by atoms with van der Waals surface area (Å²) in [7, 11) is 0. The van der Waals surface area contributed by atoms with Crippen molar-refractivity contribution in [2.24, 2.45) is 11.3 Å². The number of ether oxygens (including phenoxy) is 2. The molecule has 3 amide bonds. The topological polar surface area (TPSA) is 138 Å². The van der Waals surface area contributed by atoms with E-state index in [1.54, 1.807) is 30.6 Å². The number of pyridine rings is 2. The Labute approximate surface area is 329 Å². The number of hydrogen-bond acceptors (Lipinski definition) is 10. The fraction of sp³-hybridized carbons (Fsp3) is 0.465. The summed E-state index contributed by atoms with van der Waals surface area (Å²) in [5.41, 5.74) is 4.08. The fourth-order valence-electron chi connectivity index (χ4n) is 9.55. The zero-order valence-corrected chi connectivity index (χ0v) is 32.0. The number of nitrogens with one attached hydrogen (secondary N) is 3. The number of carbonyl (C=O) groups excluding carboxylic acids is 3. The summed E-state index contributed by atoms with van der Waals surface area (Å²) in [5, 5.41) is 9.74. The van der Waals surface area contributed by atoms with E-state index < -0.39 is 23.7 Å². The van der Waals surface area contributed by atoms with Gasteiger partial charge in [-0.3, -0.25) is 20.2 Å². The predicted octanol–water partition coefficient (Wildman–Crippen LogP) is 6.92. The lowest BCUT2D eigenvalue weighted by atomic mass is 9.61. The van der Waals surface area contributed by atoms with Crippen molar-refractivity contribution in [3.8, 4) is 17.0 Å². The number of carbonyl (C=O) groups is 3. The van der Waals surface area contributed by atoms with E-state index in [-0.39, 0.29) is 29.7 Å². The number of benzene rings is 2. The molecule has 6 heterocycles. The number of aromatic nitrogens is 2. The Kier molecular flexibility index (Phi) is 9.91. The minimum Gasteiger partial charge on any atom is -0.474 e. The monoisotopic (exact) mass is 779 g/mol. The minimum absolute atomic E-state index is 0.137.